The van der Waals surface area contributed by atoms with Crippen molar-refractivity contribution in [3.05, 3.63) is 170 Å². The van der Waals surface area contributed by atoms with Crippen LogP contribution < -0.4 is 0 Å². The molecule has 0 radical (unpaired) electrons. The van der Waals surface area contributed by atoms with E-state index in [1.54, 1.807) is 6.08 Å². The zero-order valence-corrected chi connectivity index (χ0v) is 25.3. The Hall–Kier alpha value is -5.72. The molecule has 0 heteroatoms. The number of hydrogen-bond donors (Lipinski definition) is 0. The fraction of sp³-hybridized carbons (Fsp3) is 0.0222. The molecule has 212 valence electrons. The fourth-order valence-electron chi connectivity index (χ4n) is 7.22. The van der Waals surface area contributed by atoms with E-state index in [1.165, 1.54) is 88.0 Å². The normalized spacial score (nSPS) is 11.3. The van der Waals surface area contributed by atoms with E-state index in [2.05, 4.69) is 164 Å². The van der Waals surface area contributed by atoms with Gasteiger partial charge in [0.1, 0.15) is 0 Å². The molecule has 45 heavy (non-hydrogen) atoms. The van der Waals surface area contributed by atoms with Crippen LogP contribution in [0, 0.1) is 0 Å². The predicted octanol–water partition coefficient (Wildman–Crippen LogP) is 13.0. The molecule has 0 unspecified atom stereocenters. The Morgan fingerprint density at radius 2 is 0.867 bits per heavy atom. The number of hydrogen-bond acceptors (Lipinski definition) is 0. The molecule has 0 saturated carbocycles. The van der Waals surface area contributed by atoms with E-state index in [0.717, 1.165) is 0 Å². The highest BCUT2D eigenvalue weighted by Gasteiger charge is 2.31. The average molecular weight is 573 g/mol. The van der Waals surface area contributed by atoms with Crippen LogP contribution in [0.4, 0.5) is 0 Å². The van der Waals surface area contributed by atoms with Gasteiger partial charge in [0.2, 0.25) is 0 Å². The Bertz CT molecular complexity index is 2280. The second kappa shape index (κ2) is 11.1. The third kappa shape index (κ3) is 4.30. The smallest absolute Gasteiger partial charge is 0.000741 e. The molecule has 0 amide bonds. The number of fused-ring (bicyclic) bond motifs is 5. The molecule has 1 aliphatic carbocycles. The first-order valence-electron chi connectivity index (χ1n) is 15.6. The number of benzene rings is 8. The Labute approximate surface area is 264 Å². The first-order valence-corrected chi connectivity index (χ1v) is 15.6. The highest BCUT2D eigenvalue weighted by molar-refractivity contribution is 6.28. The first-order chi connectivity index (χ1) is 22.3. The molecule has 0 nitrogen and oxygen atoms in total. The summed E-state index contributed by atoms with van der Waals surface area (Å²) in [5, 5.41) is 7.78. The summed E-state index contributed by atoms with van der Waals surface area (Å²) in [6.07, 6.45) is 1.75. The van der Waals surface area contributed by atoms with Crippen molar-refractivity contribution in [3.8, 4) is 55.6 Å². The predicted molar refractivity (Wildman–Crippen MR) is 196 cm³/mol. The zero-order valence-electron chi connectivity index (χ0n) is 25.3. The minimum Gasteiger partial charge on any atom is -0.103 e. The maximum Gasteiger partial charge on any atom is -0.000741 e. The third-order valence-electron chi connectivity index (χ3n) is 8.98. The van der Waals surface area contributed by atoms with Gasteiger partial charge in [-0.1, -0.05) is 158 Å². The largest absolute Gasteiger partial charge is 0.103 e. The molecule has 1 aliphatic rings. The van der Waals surface area contributed by atoms with Gasteiger partial charge in [-0.05, 0) is 101 Å². The molecule has 9 rings (SSSR count). The van der Waals surface area contributed by atoms with Crippen LogP contribution in [0.25, 0.3) is 88.0 Å². The summed E-state index contributed by atoms with van der Waals surface area (Å²) < 4.78 is 0. The molecule has 8 aromatic carbocycles. The van der Waals surface area contributed by atoms with E-state index in [1.807, 2.05) is 6.92 Å². The molecular formula is C45H32. The maximum atomic E-state index is 3.36. The molecule has 8 aromatic rings. The lowest BCUT2D eigenvalue weighted by molar-refractivity contribution is 1.62. The van der Waals surface area contributed by atoms with Gasteiger partial charge in [-0.15, -0.1) is 6.58 Å². The van der Waals surface area contributed by atoms with Gasteiger partial charge in [0.15, 0.2) is 0 Å². The molecule has 0 bridgehead atoms. The van der Waals surface area contributed by atoms with Gasteiger partial charge in [0, 0.05) is 0 Å². The monoisotopic (exact) mass is 572 g/mol. The molecule has 0 aliphatic heterocycles. The fourth-order valence-corrected chi connectivity index (χ4v) is 7.22. The minimum absolute atomic E-state index is 1.25. The topological polar surface area (TPSA) is 0 Å². The summed E-state index contributed by atoms with van der Waals surface area (Å²) in [7, 11) is 0. The van der Waals surface area contributed by atoms with E-state index in [0.29, 0.717) is 0 Å². The van der Waals surface area contributed by atoms with Gasteiger partial charge in [0.25, 0.3) is 0 Å². The Balaban J connectivity index is 0.000000966. The van der Waals surface area contributed by atoms with Crippen molar-refractivity contribution in [1.29, 1.82) is 0 Å². The summed E-state index contributed by atoms with van der Waals surface area (Å²) in [5.74, 6) is 0. The molecule has 0 heterocycles. The molecule has 0 spiro atoms. The van der Waals surface area contributed by atoms with Gasteiger partial charge >= 0.3 is 0 Å². The second-order valence-corrected chi connectivity index (χ2v) is 11.6. The Morgan fingerprint density at radius 3 is 1.49 bits per heavy atom. The van der Waals surface area contributed by atoms with Gasteiger partial charge < -0.3 is 0 Å². The Kier molecular flexibility index (Phi) is 6.62. The van der Waals surface area contributed by atoms with Crippen LogP contribution in [0.2, 0.25) is 0 Å². The van der Waals surface area contributed by atoms with Crippen molar-refractivity contribution >= 4 is 32.3 Å². The molecule has 0 aromatic heterocycles. The minimum atomic E-state index is 1.25. The lowest BCUT2D eigenvalue weighted by Gasteiger charge is -2.20. The summed E-state index contributed by atoms with van der Waals surface area (Å²) in [6.45, 7) is 5.25. The standard InChI is InChI=1S/C42H26.C3H6/c1-3-13-28(14-4-1)38-34-18-9-10-19-35(34)39(29-15-5-2-6-16-29)42-37-25-24-32(33-20-11-21-36(40(33)37)41(38)42)31-23-22-27-12-7-8-17-30(27)26-31;1-3-2/h1-26H;3H,1H2,2H3. The zero-order chi connectivity index (χ0) is 30.3. The first kappa shape index (κ1) is 26.9. The van der Waals surface area contributed by atoms with E-state index in [4.69, 9.17) is 0 Å². The average Bonchev–Trinajstić information content (AvgIpc) is 3.43. The van der Waals surface area contributed by atoms with Crippen molar-refractivity contribution < 1.29 is 0 Å². The van der Waals surface area contributed by atoms with E-state index < -0.39 is 0 Å². The van der Waals surface area contributed by atoms with Crippen molar-refractivity contribution in [2.75, 3.05) is 0 Å². The Morgan fingerprint density at radius 1 is 0.378 bits per heavy atom. The highest BCUT2D eigenvalue weighted by Crippen LogP contribution is 2.58. The quantitative estimate of drug-likeness (QED) is 0.185. The SMILES string of the molecule is C=CC.c1ccc(-c2c3c(c(-c4ccccc4)c4ccccc24)-c2ccc(-c4ccc5ccccc5c4)c4cccc-3c24)cc1. The molecule has 0 saturated heterocycles. The van der Waals surface area contributed by atoms with Gasteiger partial charge in [-0.2, -0.15) is 0 Å². The van der Waals surface area contributed by atoms with E-state index >= 15 is 0 Å². The lowest BCUT2D eigenvalue weighted by atomic mass is 9.82. The van der Waals surface area contributed by atoms with Crippen LogP contribution in [0.15, 0.2) is 170 Å². The van der Waals surface area contributed by atoms with Crippen LogP contribution >= 0.6 is 0 Å². The van der Waals surface area contributed by atoms with Crippen molar-refractivity contribution in [3.63, 3.8) is 0 Å². The molecular weight excluding hydrogens is 540 g/mol. The van der Waals surface area contributed by atoms with Gasteiger partial charge in [-0.25, -0.2) is 0 Å². The maximum absolute atomic E-state index is 3.36. The van der Waals surface area contributed by atoms with Crippen molar-refractivity contribution in [2.45, 2.75) is 6.92 Å². The lowest BCUT2D eigenvalue weighted by Crippen LogP contribution is -1.93. The van der Waals surface area contributed by atoms with E-state index in [9.17, 15) is 0 Å². The van der Waals surface area contributed by atoms with Gasteiger partial charge in [-0.3, -0.25) is 0 Å². The van der Waals surface area contributed by atoms with Crippen molar-refractivity contribution in [1.82, 2.24) is 0 Å². The van der Waals surface area contributed by atoms with Crippen LogP contribution in [-0.2, 0) is 0 Å². The highest BCUT2D eigenvalue weighted by atomic mass is 14.3. The summed E-state index contributed by atoms with van der Waals surface area (Å²) in [4.78, 5) is 0. The van der Waals surface area contributed by atoms with E-state index in [-0.39, 0.29) is 0 Å². The van der Waals surface area contributed by atoms with Crippen LogP contribution in [0.3, 0.4) is 0 Å². The molecule has 0 atom stereocenters. The molecule has 0 N–H and O–H groups in total. The summed E-state index contributed by atoms with van der Waals surface area (Å²) in [5.41, 5.74) is 13.0. The molecule has 0 fully saturated rings. The summed E-state index contributed by atoms with van der Waals surface area (Å²) >= 11 is 0. The third-order valence-corrected chi connectivity index (χ3v) is 8.98. The second-order valence-electron chi connectivity index (χ2n) is 11.6. The van der Waals surface area contributed by atoms with Gasteiger partial charge in [0.05, 0.1) is 0 Å². The van der Waals surface area contributed by atoms with Crippen LogP contribution in [0.5, 0.6) is 0 Å². The van der Waals surface area contributed by atoms with Crippen molar-refractivity contribution in [2.24, 2.45) is 0 Å². The van der Waals surface area contributed by atoms with Crippen LogP contribution in [-0.4, -0.2) is 0 Å². The summed E-state index contributed by atoms with van der Waals surface area (Å²) in [6, 6.07) is 57.9. The number of rotatable bonds is 3. The number of allylic oxidation sites excluding steroid dienone is 1. The van der Waals surface area contributed by atoms with Crippen LogP contribution in [0.1, 0.15) is 6.92 Å².